The summed E-state index contributed by atoms with van der Waals surface area (Å²) in [6, 6.07) is 0.250. The van der Waals surface area contributed by atoms with Crippen LogP contribution in [0.1, 0.15) is 39.0 Å². The fourth-order valence-corrected chi connectivity index (χ4v) is 2.73. The summed E-state index contributed by atoms with van der Waals surface area (Å²) in [6.45, 7) is 6.43. The van der Waals surface area contributed by atoms with Gasteiger partial charge in [0.1, 0.15) is 0 Å². The zero-order chi connectivity index (χ0) is 12.1. The summed E-state index contributed by atoms with van der Waals surface area (Å²) in [5.74, 6) is 0. The van der Waals surface area contributed by atoms with Crippen LogP contribution in [0.25, 0.3) is 0 Å². The van der Waals surface area contributed by atoms with E-state index in [1.807, 2.05) is 16.7 Å². The summed E-state index contributed by atoms with van der Waals surface area (Å²) in [5, 5.41) is 0. The van der Waals surface area contributed by atoms with Crippen molar-refractivity contribution in [2.45, 2.75) is 45.1 Å². The minimum Gasteiger partial charge on any atom is -0.378 e. The van der Waals surface area contributed by atoms with E-state index in [4.69, 9.17) is 4.74 Å². The van der Waals surface area contributed by atoms with Crippen LogP contribution in [0.3, 0.4) is 0 Å². The van der Waals surface area contributed by atoms with Gasteiger partial charge in [-0.15, -0.1) is 0 Å². The van der Waals surface area contributed by atoms with Gasteiger partial charge in [-0.05, 0) is 39.0 Å². The summed E-state index contributed by atoms with van der Waals surface area (Å²) in [7, 11) is 0. The average molecular weight is 240 g/mol. The Balaban J connectivity index is 1.77. The van der Waals surface area contributed by atoms with E-state index < -0.39 is 0 Å². The molecule has 0 aromatic carbocycles. The normalized spacial score (nSPS) is 22.9. The van der Waals surface area contributed by atoms with Crippen molar-refractivity contribution in [3.8, 4) is 0 Å². The molecule has 0 aromatic rings. The van der Waals surface area contributed by atoms with E-state index in [0.717, 1.165) is 45.6 Å². The third kappa shape index (κ3) is 3.35. The van der Waals surface area contributed by atoms with Gasteiger partial charge in [0, 0.05) is 32.8 Å². The molecule has 2 fully saturated rings. The Morgan fingerprint density at radius 2 is 1.65 bits per heavy atom. The number of urea groups is 1. The number of likely N-dealkylation sites (tertiary alicyclic amines) is 2. The lowest BCUT2D eigenvalue weighted by Gasteiger charge is -2.37. The van der Waals surface area contributed by atoms with Crippen LogP contribution in [-0.2, 0) is 4.74 Å². The highest BCUT2D eigenvalue weighted by Gasteiger charge is 2.26. The van der Waals surface area contributed by atoms with Gasteiger partial charge in [-0.25, -0.2) is 4.79 Å². The van der Waals surface area contributed by atoms with E-state index in [-0.39, 0.29) is 6.03 Å². The first-order chi connectivity index (χ1) is 8.31. The minimum atomic E-state index is 0.250. The maximum absolute atomic E-state index is 12.2. The van der Waals surface area contributed by atoms with E-state index in [9.17, 15) is 4.79 Å². The number of carbonyl (C=O) groups is 1. The fraction of sp³-hybridized carbons (Fsp3) is 0.923. The van der Waals surface area contributed by atoms with E-state index >= 15 is 0 Å². The molecule has 0 atom stereocenters. The van der Waals surface area contributed by atoms with Crippen LogP contribution < -0.4 is 0 Å². The Kier molecular flexibility index (Phi) is 4.66. The number of amides is 2. The quantitative estimate of drug-likeness (QED) is 0.740. The van der Waals surface area contributed by atoms with Gasteiger partial charge < -0.3 is 14.5 Å². The van der Waals surface area contributed by atoms with Crippen LogP contribution in [0.4, 0.5) is 4.79 Å². The molecule has 0 aromatic heterocycles. The lowest BCUT2D eigenvalue weighted by atomic mass is 10.1. The van der Waals surface area contributed by atoms with Crippen molar-refractivity contribution >= 4 is 6.03 Å². The van der Waals surface area contributed by atoms with Gasteiger partial charge in [0.25, 0.3) is 0 Å². The largest absolute Gasteiger partial charge is 0.378 e. The average Bonchev–Trinajstić information content (AvgIpc) is 2.40. The van der Waals surface area contributed by atoms with Gasteiger partial charge in [0.15, 0.2) is 0 Å². The number of rotatable bonds is 2. The van der Waals surface area contributed by atoms with E-state index in [0.29, 0.717) is 6.10 Å². The molecule has 2 saturated heterocycles. The summed E-state index contributed by atoms with van der Waals surface area (Å²) in [6.07, 6.45) is 5.96. The predicted octanol–water partition coefficient (Wildman–Crippen LogP) is 2.09. The molecule has 0 unspecified atom stereocenters. The fourth-order valence-electron chi connectivity index (χ4n) is 2.73. The molecule has 2 amide bonds. The number of nitrogens with zero attached hydrogens (tertiary/aromatic N) is 2. The molecule has 0 saturated carbocycles. The molecule has 2 rings (SSSR count). The molecule has 0 N–H and O–H groups in total. The number of hydrogen-bond donors (Lipinski definition) is 0. The second kappa shape index (κ2) is 6.24. The summed E-state index contributed by atoms with van der Waals surface area (Å²) >= 11 is 0. The molecule has 98 valence electrons. The Morgan fingerprint density at radius 3 is 2.24 bits per heavy atom. The third-order valence-corrected chi connectivity index (χ3v) is 3.74. The van der Waals surface area contributed by atoms with Crippen molar-refractivity contribution < 1.29 is 9.53 Å². The molecular weight excluding hydrogens is 216 g/mol. The number of hydrogen-bond acceptors (Lipinski definition) is 2. The first kappa shape index (κ1) is 12.7. The van der Waals surface area contributed by atoms with Crippen LogP contribution in [0.15, 0.2) is 0 Å². The molecule has 0 aliphatic carbocycles. The second-order valence-corrected chi connectivity index (χ2v) is 4.97. The van der Waals surface area contributed by atoms with Crippen LogP contribution >= 0.6 is 0 Å². The number of ether oxygens (including phenoxy) is 1. The van der Waals surface area contributed by atoms with Crippen molar-refractivity contribution in [3.63, 3.8) is 0 Å². The molecule has 0 radical (unpaired) electrons. The summed E-state index contributed by atoms with van der Waals surface area (Å²) < 4.78 is 5.60. The van der Waals surface area contributed by atoms with Gasteiger partial charge in [-0.1, -0.05) is 0 Å². The summed E-state index contributed by atoms with van der Waals surface area (Å²) in [5.41, 5.74) is 0. The van der Waals surface area contributed by atoms with E-state index in [1.54, 1.807) is 0 Å². The highest BCUT2D eigenvalue weighted by molar-refractivity contribution is 5.74. The first-order valence-corrected chi connectivity index (χ1v) is 6.96. The van der Waals surface area contributed by atoms with Gasteiger partial charge in [0.05, 0.1) is 6.10 Å². The van der Waals surface area contributed by atoms with Crippen molar-refractivity contribution in [2.24, 2.45) is 0 Å². The lowest BCUT2D eigenvalue weighted by Crippen LogP contribution is -2.49. The predicted molar refractivity (Wildman–Crippen MR) is 67.0 cm³/mol. The Morgan fingerprint density at radius 1 is 1.06 bits per heavy atom. The monoisotopic (exact) mass is 240 g/mol. The Bertz CT molecular complexity index is 244. The molecule has 2 heterocycles. The molecule has 0 bridgehead atoms. The summed E-state index contributed by atoms with van der Waals surface area (Å²) in [4.78, 5) is 16.2. The molecule has 0 spiro atoms. The van der Waals surface area contributed by atoms with Crippen LogP contribution in [0.5, 0.6) is 0 Å². The van der Waals surface area contributed by atoms with Gasteiger partial charge in [-0.2, -0.15) is 0 Å². The van der Waals surface area contributed by atoms with Crippen molar-refractivity contribution in [1.29, 1.82) is 0 Å². The van der Waals surface area contributed by atoms with Crippen molar-refractivity contribution in [1.82, 2.24) is 9.80 Å². The third-order valence-electron chi connectivity index (χ3n) is 3.74. The van der Waals surface area contributed by atoms with Gasteiger partial charge >= 0.3 is 6.03 Å². The van der Waals surface area contributed by atoms with E-state index in [1.165, 1.54) is 19.3 Å². The molecule has 4 heteroatoms. The highest BCUT2D eigenvalue weighted by atomic mass is 16.5. The first-order valence-electron chi connectivity index (χ1n) is 6.96. The smallest absolute Gasteiger partial charge is 0.320 e. The zero-order valence-corrected chi connectivity index (χ0v) is 10.9. The molecule has 4 nitrogen and oxygen atoms in total. The highest BCUT2D eigenvalue weighted by Crippen LogP contribution is 2.17. The van der Waals surface area contributed by atoms with Crippen LogP contribution in [-0.4, -0.2) is 54.7 Å². The van der Waals surface area contributed by atoms with Gasteiger partial charge in [-0.3, -0.25) is 0 Å². The molecule has 17 heavy (non-hydrogen) atoms. The Labute approximate surface area is 104 Å². The lowest BCUT2D eigenvalue weighted by molar-refractivity contribution is 0.0178. The van der Waals surface area contributed by atoms with Gasteiger partial charge in [0.2, 0.25) is 0 Å². The number of piperidine rings is 2. The van der Waals surface area contributed by atoms with Crippen molar-refractivity contribution in [2.75, 3.05) is 32.8 Å². The standard InChI is InChI=1S/C13H24N2O2/c1-2-17-12-6-10-15(11-7-12)13(16)14-8-4-3-5-9-14/h12H,2-11H2,1H3. The maximum atomic E-state index is 12.2. The van der Waals surface area contributed by atoms with Crippen LogP contribution in [0.2, 0.25) is 0 Å². The SMILES string of the molecule is CCOC1CCN(C(=O)N2CCCCC2)CC1. The molecule has 2 aliphatic rings. The number of carbonyl (C=O) groups excluding carboxylic acids is 1. The van der Waals surface area contributed by atoms with Crippen LogP contribution in [0, 0.1) is 0 Å². The topological polar surface area (TPSA) is 32.8 Å². The second-order valence-electron chi connectivity index (χ2n) is 4.97. The Hall–Kier alpha value is -0.770. The zero-order valence-electron chi connectivity index (χ0n) is 10.9. The minimum absolute atomic E-state index is 0.250. The van der Waals surface area contributed by atoms with Crippen molar-refractivity contribution in [3.05, 3.63) is 0 Å². The van der Waals surface area contributed by atoms with E-state index in [2.05, 4.69) is 0 Å². The molecular formula is C13H24N2O2. The maximum Gasteiger partial charge on any atom is 0.320 e. The molecule has 2 aliphatic heterocycles.